The van der Waals surface area contributed by atoms with Crippen molar-refractivity contribution in [2.24, 2.45) is 0 Å². The molecule has 0 aliphatic heterocycles. The number of aromatic nitrogens is 2. The number of halogens is 2. The average molecular weight is 291 g/mol. The van der Waals surface area contributed by atoms with E-state index in [0.29, 0.717) is 22.4 Å². The van der Waals surface area contributed by atoms with Crippen molar-refractivity contribution in [2.75, 3.05) is 0 Å². The Morgan fingerprint density at radius 3 is 2.60 bits per heavy atom. The van der Waals surface area contributed by atoms with Crippen molar-refractivity contribution in [3.63, 3.8) is 0 Å². The second kappa shape index (κ2) is 4.61. The number of aromatic amines is 1. The fraction of sp³-hybridized carbons (Fsp3) is 0. The fourth-order valence-corrected chi connectivity index (χ4v) is 2.07. The SMILES string of the molecule is O=C(O)c1ccc(-c2nc3cc(Cl)c(F)cc3[nH]2)cc1. The van der Waals surface area contributed by atoms with E-state index < -0.39 is 11.8 Å². The highest BCUT2D eigenvalue weighted by atomic mass is 35.5. The maximum atomic E-state index is 13.4. The lowest BCUT2D eigenvalue weighted by atomic mass is 10.1. The fourth-order valence-electron chi connectivity index (χ4n) is 1.91. The van der Waals surface area contributed by atoms with E-state index in [0.717, 1.165) is 0 Å². The molecule has 6 heteroatoms. The molecular formula is C14H8ClFN2O2. The lowest BCUT2D eigenvalue weighted by molar-refractivity contribution is 0.0697. The third kappa shape index (κ3) is 2.12. The summed E-state index contributed by atoms with van der Waals surface area (Å²) in [5, 5.41) is 8.85. The predicted molar refractivity (Wildman–Crippen MR) is 73.5 cm³/mol. The highest BCUT2D eigenvalue weighted by molar-refractivity contribution is 6.31. The maximum Gasteiger partial charge on any atom is 0.335 e. The quantitative estimate of drug-likeness (QED) is 0.756. The smallest absolute Gasteiger partial charge is 0.335 e. The van der Waals surface area contributed by atoms with Crippen LogP contribution in [0.2, 0.25) is 5.02 Å². The summed E-state index contributed by atoms with van der Waals surface area (Å²) in [6.45, 7) is 0. The van der Waals surface area contributed by atoms with Crippen LogP contribution in [0.25, 0.3) is 22.4 Å². The molecule has 1 aromatic heterocycles. The van der Waals surface area contributed by atoms with Gasteiger partial charge in [0.2, 0.25) is 0 Å². The van der Waals surface area contributed by atoms with Gasteiger partial charge in [0.15, 0.2) is 0 Å². The normalized spacial score (nSPS) is 10.9. The van der Waals surface area contributed by atoms with E-state index in [1.807, 2.05) is 0 Å². The molecule has 0 aliphatic carbocycles. The molecular weight excluding hydrogens is 283 g/mol. The standard InChI is InChI=1S/C14H8ClFN2O2/c15-9-5-11-12(6-10(9)16)18-13(17-11)7-1-3-8(4-2-7)14(19)20/h1-6H,(H,17,18)(H,19,20). The minimum Gasteiger partial charge on any atom is -0.478 e. The molecule has 20 heavy (non-hydrogen) atoms. The van der Waals surface area contributed by atoms with E-state index in [2.05, 4.69) is 9.97 Å². The van der Waals surface area contributed by atoms with Crippen molar-refractivity contribution in [2.45, 2.75) is 0 Å². The van der Waals surface area contributed by atoms with Crippen LogP contribution in [0.1, 0.15) is 10.4 Å². The minimum absolute atomic E-state index is 0.0109. The molecule has 0 bridgehead atoms. The number of carboxylic acids is 1. The van der Waals surface area contributed by atoms with Gasteiger partial charge in [-0.1, -0.05) is 23.7 Å². The first-order valence-corrected chi connectivity index (χ1v) is 6.11. The number of imidazole rings is 1. The Balaban J connectivity index is 2.07. The zero-order valence-corrected chi connectivity index (χ0v) is 10.8. The van der Waals surface area contributed by atoms with E-state index in [1.54, 1.807) is 12.1 Å². The Morgan fingerprint density at radius 2 is 1.95 bits per heavy atom. The van der Waals surface area contributed by atoms with Gasteiger partial charge in [-0.25, -0.2) is 14.2 Å². The predicted octanol–water partition coefficient (Wildman–Crippen LogP) is 3.72. The number of H-pyrrole nitrogens is 1. The molecule has 0 saturated heterocycles. The molecule has 1 heterocycles. The van der Waals surface area contributed by atoms with Crippen LogP contribution in [0.4, 0.5) is 4.39 Å². The Labute approximate surface area is 117 Å². The molecule has 0 fully saturated rings. The molecule has 0 radical (unpaired) electrons. The zero-order valence-electron chi connectivity index (χ0n) is 10.0. The summed E-state index contributed by atoms with van der Waals surface area (Å²) < 4.78 is 13.4. The van der Waals surface area contributed by atoms with Gasteiger partial charge in [0.05, 0.1) is 21.6 Å². The Bertz CT molecular complexity index is 773. The second-order valence-electron chi connectivity index (χ2n) is 4.25. The van der Waals surface area contributed by atoms with Crippen LogP contribution in [-0.2, 0) is 0 Å². The summed E-state index contributed by atoms with van der Waals surface area (Å²) in [4.78, 5) is 18.1. The Kier molecular flexibility index (Phi) is 2.91. The van der Waals surface area contributed by atoms with Crippen LogP contribution in [0, 0.1) is 5.82 Å². The molecule has 0 aliphatic rings. The molecule has 100 valence electrons. The summed E-state index contributed by atoms with van der Waals surface area (Å²) in [6, 6.07) is 8.96. The van der Waals surface area contributed by atoms with Crippen LogP contribution < -0.4 is 0 Å². The first kappa shape index (κ1) is 12.6. The molecule has 2 aromatic carbocycles. The lowest BCUT2D eigenvalue weighted by Gasteiger charge is -1.97. The van der Waals surface area contributed by atoms with Crippen LogP contribution in [-0.4, -0.2) is 21.0 Å². The van der Waals surface area contributed by atoms with Gasteiger partial charge in [0.1, 0.15) is 11.6 Å². The number of nitrogens with one attached hydrogen (secondary N) is 1. The summed E-state index contributed by atoms with van der Waals surface area (Å²) in [5.41, 5.74) is 1.99. The largest absolute Gasteiger partial charge is 0.478 e. The molecule has 0 unspecified atom stereocenters. The van der Waals surface area contributed by atoms with Gasteiger partial charge in [0, 0.05) is 11.6 Å². The third-order valence-corrected chi connectivity index (χ3v) is 3.22. The minimum atomic E-state index is -0.991. The highest BCUT2D eigenvalue weighted by Gasteiger charge is 2.10. The van der Waals surface area contributed by atoms with Gasteiger partial charge in [-0.05, 0) is 18.2 Å². The van der Waals surface area contributed by atoms with Gasteiger partial charge < -0.3 is 10.1 Å². The number of benzene rings is 2. The number of fused-ring (bicyclic) bond motifs is 1. The van der Waals surface area contributed by atoms with E-state index >= 15 is 0 Å². The second-order valence-corrected chi connectivity index (χ2v) is 4.66. The van der Waals surface area contributed by atoms with Gasteiger partial charge in [0.25, 0.3) is 0 Å². The number of hydrogen-bond acceptors (Lipinski definition) is 2. The third-order valence-electron chi connectivity index (χ3n) is 2.93. The molecule has 0 atom stereocenters. The molecule has 0 amide bonds. The number of rotatable bonds is 2. The summed E-state index contributed by atoms with van der Waals surface area (Å²) in [5.74, 6) is -0.982. The first-order valence-electron chi connectivity index (χ1n) is 5.73. The summed E-state index contributed by atoms with van der Waals surface area (Å²) >= 11 is 5.70. The van der Waals surface area contributed by atoms with Crippen molar-refractivity contribution >= 4 is 28.6 Å². The van der Waals surface area contributed by atoms with Crippen molar-refractivity contribution in [1.29, 1.82) is 0 Å². The molecule has 0 spiro atoms. The number of hydrogen-bond donors (Lipinski definition) is 2. The molecule has 4 nitrogen and oxygen atoms in total. The molecule has 3 rings (SSSR count). The average Bonchev–Trinajstić information content (AvgIpc) is 2.82. The van der Waals surface area contributed by atoms with E-state index in [9.17, 15) is 9.18 Å². The van der Waals surface area contributed by atoms with Gasteiger partial charge in [-0.3, -0.25) is 0 Å². The van der Waals surface area contributed by atoms with Crippen molar-refractivity contribution < 1.29 is 14.3 Å². The van der Waals surface area contributed by atoms with Crippen molar-refractivity contribution in [3.05, 3.63) is 52.8 Å². The Hall–Kier alpha value is -2.40. The zero-order chi connectivity index (χ0) is 14.3. The monoisotopic (exact) mass is 290 g/mol. The molecule has 3 aromatic rings. The van der Waals surface area contributed by atoms with Gasteiger partial charge >= 0.3 is 5.97 Å². The van der Waals surface area contributed by atoms with Gasteiger partial charge in [-0.2, -0.15) is 0 Å². The molecule has 0 saturated carbocycles. The van der Waals surface area contributed by atoms with E-state index in [-0.39, 0.29) is 10.6 Å². The summed E-state index contributed by atoms with van der Waals surface area (Å²) in [7, 11) is 0. The van der Waals surface area contributed by atoms with Crippen molar-refractivity contribution in [1.82, 2.24) is 9.97 Å². The van der Waals surface area contributed by atoms with Crippen molar-refractivity contribution in [3.8, 4) is 11.4 Å². The number of nitrogens with zero attached hydrogens (tertiary/aromatic N) is 1. The molecule has 2 N–H and O–H groups in total. The topological polar surface area (TPSA) is 66.0 Å². The van der Waals surface area contributed by atoms with Crippen LogP contribution >= 0.6 is 11.6 Å². The summed E-state index contributed by atoms with van der Waals surface area (Å²) in [6.07, 6.45) is 0. The van der Waals surface area contributed by atoms with Crippen LogP contribution in [0.15, 0.2) is 36.4 Å². The Morgan fingerprint density at radius 1 is 1.25 bits per heavy atom. The van der Waals surface area contributed by atoms with E-state index in [1.165, 1.54) is 24.3 Å². The number of carbonyl (C=O) groups is 1. The lowest BCUT2D eigenvalue weighted by Crippen LogP contribution is -1.95. The number of aromatic carboxylic acids is 1. The van der Waals surface area contributed by atoms with Crippen LogP contribution in [0.5, 0.6) is 0 Å². The first-order chi connectivity index (χ1) is 9.54. The highest BCUT2D eigenvalue weighted by Crippen LogP contribution is 2.25. The van der Waals surface area contributed by atoms with Gasteiger partial charge in [-0.15, -0.1) is 0 Å². The maximum absolute atomic E-state index is 13.4. The van der Waals surface area contributed by atoms with E-state index in [4.69, 9.17) is 16.7 Å². The number of carboxylic acid groups (broad SMARTS) is 1. The van der Waals surface area contributed by atoms with Crippen LogP contribution in [0.3, 0.4) is 0 Å².